The molecule has 0 spiro atoms. The summed E-state index contributed by atoms with van der Waals surface area (Å²) in [6.45, 7) is 3.15. The Balaban J connectivity index is 1.77. The number of hydrogen-bond donors (Lipinski definition) is 3. The van der Waals surface area contributed by atoms with Crippen LogP contribution in [0.25, 0.3) is 43.6 Å². The topological polar surface area (TPSA) is 106 Å². The van der Waals surface area contributed by atoms with Crippen LogP contribution in [0.15, 0.2) is 48.5 Å². The normalized spacial score (nSPS) is 29.0. The molecule has 5 aromatic rings. The van der Waals surface area contributed by atoms with E-state index in [9.17, 15) is 19.8 Å². The fourth-order valence-corrected chi connectivity index (χ4v) is 6.96. The summed E-state index contributed by atoms with van der Waals surface area (Å²) >= 11 is 0. The number of aromatic nitrogens is 2. The van der Waals surface area contributed by atoms with Crippen LogP contribution in [0.1, 0.15) is 48.6 Å². The van der Waals surface area contributed by atoms with Gasteiger partial charge in [-0.15, -0.1) is 0 Å². The first-order valence-electron chi connectivity index (χ1n) is 11.7. The van der Waals surface area contributed by atoms with Gasteiger partial charge in [0.1, 0.15) is 6.23 Å². The first-order chi connectivity index (χ1) is 16.8. The van der Waals surface area contributed by atoms with Crippen molar-refractivity contribution in [3.63, 3.8) is 0 Å². The van der Waals surface area contributed by atoms with E-state index < -0.39 is 23.8 Å². The molecule has 1 amide bonds. The van der Waals surface area contributed by atoms with Crippen LogP contribution < -0.4 is 5.32 Å². The molecule has 1 saturated heterocycles. The third-order valence-electron chi connectivity index (χ3n) is 8.47. The molecule has 4 atom stereocenters. The summed E-state index contributed by atoms with van der Waals surface area (Å²) in [6, 6.07) is 15.4. The van der Waals surface area contributed by atoms with Crippen molar-refractivity contribution in [1.82, 2.24) is 14.5 Å². The van der Waals surface area contributed by atoms with E-state index in [0.717, 1.165) is 32.7 Å². The van der Waals surface area contributed by atoms with E-state index >= 15 is 0 Å². The van der Waals surface area contributed by atoms with E-state index in [1.54, 1.807) is 6.92 Å². The highest BCUT2D eigenvalue weighted by atomic mass is 16.6. The van der Waals surface area contributed by atoms with E-state index in [2.05, 4.69) is 5.32 Å². The van der Waals surface area contributed by atoms with E-state index in [-0.39, 0.29) is 18.1 Å². The summed E-state index contributed by atoms with van der Waals surface area (Å²) in [4.78, 5) is 26.3. The van der Waals surface area contributed by atoms with Gasteiger partial charge < -0.3 is 29.4 Å². The van der Waals surface area contributed by atoms with Gasteiger partial charge in [-0.05, 0) is 26.0 Å². The Bertz CT molecular complexity index is 1850. The maximum absolute atomic E-state index is 13.3. The molecule has 8 heteroatoms. The smallest absolute Gasteiger partial charge is 0.254 e. The Kier molecular flexibility index (Phi) is 3.21. The molecule has 35 heavy (non-hydrogen) atoms. The first kappa shape index (κ1) is 19.6. The molecule has 3 N–H and O–H groups in total. The van der Waals surface area contributed by atoms with Gasteiger partial charge in [-0.1, -0.05) is 36.4 Å². The second-order valence-corrected chi connectivity index (χ2v) is 10.0. The molecule has 1 fully saturated rings. The molecule has 3 aliphatic rings. The number of nitrogens with one attached hydrogen (secondary N) is 1. The summed E-state index contributed by atoms with van der Waals surface area (Å²) in [7, 11) is 0. The molecule has 0 aliphatic carbocycles. The number of fused-ring (bicyclic) bond motifs is 13. The van der Waals surface area contributed by atoms with Crippen LogP contribution in [0.5, 0.6) is 0 Å². The number of rotatable bonds is 1. The van der Waals surface area contributed by atoms with Gasteiger partial charge in [0, 0.05) is 33.5 Å². The van der Waals surface area contributed by atoms with Gasteiger partial charge in [0.15, 0.2) is 23.3 Å². The number of ketones is 1. The highest BCUT2D eigenvalue weighted by Gasteiger charge is 2.63. The number of carbonyl (C=O) groups is 2. The van der Waals surface area contributed by atoms with Gasteiger partial charge >= 0.3 is 0 Å². The molecule has 174 valence electrons. The predicted octanol–water partition coefficient (Wildman–Crippen LogP) is 3.56. The quantitative estimate of drug-likeness (QED) is 0.350. The number of nitrogens with zero attached hydrogens (tertiary/aromatic N) is 2. The summed E-state index contributed by atoms with van der Waals surface area (Å²) in [6.07, 6.45) is -1.69. The van der Waals surface area contributed by atoms with Gasteiger partial charge in [-0.3, -0.25) is 9.59 Å². The third kappa shape index (κ3) is 1.89. The molecule has 3 aliphatic heterocycles. The van der Waals surface area contributed by atoms with Crippen LogP contribution in [0.3, 0.4) is 0 Å². The summed E-state index contributed by atoms with van der Waals surface area (Å²) in [5.74, 6) is -0.727. The molecular formula is C27H21N3O5. The highest BCUT2D eigenvalue weighted by Crippen LogP contribution is 2.58. The Morgan fingerprint density at radius 1 is 1.06 bits per heavy atom. The Morgan fingerprint density at radius 2 is 1.71 bits per heavy atom. The lowest BCUT2D eigenvalue weighted by molar-refractivity contribution is -0.184. The number of aliphatic hydroxyl groups is 2. The fourth-order valence-electron chi connectivity index (χ4n) is 6.96. The van der Waals surface area contributed by atoms with Gasteiger partial charge in [0.25, 0.3) is 5.91 Å². The van der Waals surface area contributed by atoms with Crippen molar-refractivity contribution in [2.45, 2.75) is 44.1 Å². The number of amides is 1. The summed E-state index contributed by atoms with van der Waals surface area (Å²) in [5.41, 5.74) is 0.902. The van der Waals surface area contributed by atoms with Crippen molar-refractivity contribution >= 4 is 55.3 Å². The van der Waals surface area contributed by atoms with E-state index in [1.165, 1.54) is 6.92 Å². The van der Waals surface area contributed by atoms with Gasteiger partial charge in [-0.2, -0.15) is 0 Å². The number of hydrogen-bond acceptors (Lipinski definition) is 5. The second-order valence-electron chi connectivity index (χ2n) is 10.0. The minimum Gasteiger partial charge on any atom is -0.377 e. The number of para-hydroxylation sites is 2. The number of Topliss-reactive ketones (excluding diaryl/α,β-unsaturated/α-hetero) is 1. The monoisotopic (exact) mass is 467 g/mol. The third-order valence-corrected chi connectivity index (χ3v) is 8.47. The van der Waals surface area contributed by atoms with Crippen molar-refractivity contribution in [2.24, 2.45) is 0 Å². The van der Waals surface area contributed by atoms with E-state index in [4.69, 9.17) is 4.74 Å². The minimum atomic E-state index is -1.79. The molecule has 0 radical (unpaired) electrons. The van der Waals surface area contributed by atoms with Crippen LogP contribution in [-0.2, 0) is 15.3 Å². The van der Waals surface area contributed by atoms with Crippen molar-refractivity contribution in [1.29, 1.82) is 0 Å². The molecule has 8 rings (SSSR count). The lowest BCUT2D eigenvalue weighted by Crippen LogP contribution is -2.55. The Morgan fingerprint density at radius 3 is 2.43 bits per heavy atom. The molecule has 2 bridgehead atoms. The van der Waals surface area contributed by atoms with Crippen LogP contribution in [0.2, 0.25) is 0 Å². The van der Waals surface area contributed by atoms with E-state index in [0.29, 0.717) is 22.0 Å². The Labute approximate surface area is 198 Å². The van der Waals surface area contributed by atoms with Crippen LogP contribution in [0, 0.1) is 0 Å². The molecule has 0 saturated carbocycles. The maximum Gasteiger partial charge on any atom is 0.254 e. The van der Waals surface area contributed by atoms with E-state index in [1.807, 2.05) is 57.7 Å². The van der Waals surface area contributed by atoms with Crippen molar-refractivity contribution in [3.8, 4) is 0 Å². The fraction of sp³-hybridized carbons (Fsp3) is 0.259. The lowest BCUT2D eigenvalue weighted by Gasteiger charge is -2.38. The average molecular weight is 467 g/mol. The molecular weight excluding hydrogens is 446 g/mol. The molecule has 8 nitrogen and oxygen atoms in total. The largest absolute Gasteiger partial charge is 0.377 e. The standard InChI is InChI=1S/C27H21N3O5/c1-12(31)27(34)11-17-29-15-9-5-3-7-13(15)18-20-21(25(33)28-24(20)32)19-14-8-4-6-10-16(14)30(23(19)22(18)29)26(27,2)35-17/h3-10,17,24,32,34H,11H2,1-2H3,(H,28,33)/t17?,24?,26-,27-/m0/s1. The molecule has 3 aromatic carbocycles. The number of benzene rings is 3. The molecule has 2 unspecified atom stereocenters. The average Bonchev–Trinajstić information content (AvgIpc) is 3.49. The lowest BCUT2D eigenvalue weighted by atomic mass is 9.85. The molecule has 5 heterocycles. The van der Waals surface area contributed by atoms with Crippen LogP contribution in [0.4, 0.5) is 0 Å². The summed E-state index contributed by atoms with van der Waals surface area (Å²) in [5, 5.41) is 28.8. The van der Waals surface area contributed by atoms with Crippen molar-refractivity contribution in [3.05, 3.63) is 59.7 Å². The summed E-state index contributed by atoms with van der Waals surface area (Å²) < 4.78 is 10.6. The number of aliphatic hydroxyl groups excluding tert-OH is 1. The van der Waals surface area contributed by atoms with Gasteiger partial charge in [0.05, 0.1) is 27.6 Å². The van der Waals surface area contributed by atoms with Gasteiger partial charge in [-0.25, -0.2) is 0 Å². The molecule has 2 aromatic heterocycles. The zero-order chi connectivity index (χ0) is 24.0. The van der Waals surface area contributed by atoms with Crippen LogP contribution >= 0.6 is 0 Å². The second kappa shape index (κ2) is 5.73. The minimum absolute atomic E-state index is 0.0802. The van der Waals surface area contributed by atoms with Crippen LogP contribution in [-0.4, -0.2) is 36.6 Å². The first-order valence-corrected chi connectivity index (χ1v) is 11.7. The zero-order valence-corrected chi connectivity index (χ0v) is 19.0. The van der Waals surface area contributed by atoms with Gasteiger partial charge in [0.2, 0.25) is 0 Å². The SMILES string of the molecule is CC(=O)[C@@]1(O)CC2O[C@]1(C)n1c3ccccc3c3c4c(c5c6ccccc6n2c5c31)C(O)NC4=O. The Hall–Kier alpha value is -3.72. The zero-order valence-electron chi connectivity index (χ0n) is 19.0. The number of ether oxygens (including phenoxy) is 1. The van der Waals surface area contributed by atoms with Crippen molar-refractivity contribution < 1.29 is 24.5 Å². The highest BCUT2D eigenvalue weighted by molar-refractivity contribution is 6.31. The van der Waals surface area contributed by atoms with Crippen molar-refractivity contribution in [2.75, 3.05) is 0 Å². The predicted molar refractivity (Wildman–Crippen MR) is 129 cm³/mol. The maximum atomic E-state index is 13.3. The number of carbonyl (C=O) groups excluding carboxylic acids is 2.